The fourth-order valence-electron chi connectivity index (χ4n) is 0.525. The first-order valence-corrected chi connectivity index (χ1v) is 4.25. The molecule has 54 valence electrons. The van der Waals surface area contributed by atoms with Crippen molar-refractivity contribution in [1.82, 2.24) is 0 Å². The third-order valence-corrected chi connectivity index (χ3v) is 2.88. The molecule has 0 fully saturated rings. The number of hydrogen-bond acceptors (Lipinski definition) is 0. The maximum absolute atomic E-state index is 12.7. The highest BCUT2D eigenvalue weighted by atomic mass is 127. The number of benzene rings is 1. The van der Waals surface area contributed by atoms with Crippen molar-refractivity contribution in [3.05, 3.63) is 31.6 Å². The first-order chi connectivity index (χ1) is 4.61. The third-order valence-electron chi connectivity index (χ3n) is 0.949. The standard InChI is InChI=1S/C6H2Cl2FI/c7-3-1-4(8)6(10)5(9)2-3/h1-2H. The highest BCUT2D eigenvalue weighted by molar-refractivity contribution is 14.1. The first-order valence-electron chi connectivity index (χ1n) is 2.41. The Morgan fingerprint density at radius 1 is 1.30 bits per heavy atom. The lowest BCUT2D eigenvalue weighted by Crippen LogP contribution is -1.81. The van der Waals surface area contributed by atoms with Crippen molar-refractivity contribution in [2.75, 3.05) is 0 Å². The van der Waals surface area contributed by atoms with Gasteiger partial charge < -0.3 is 0 Å². The molecule has 0 saturated heterocycles. The largest absolute Gasteiger partial charge is 0.206 e. The van der Waals surface area contributed by atoms with Crippen LogP contribution >= 0.6 is 45.8 Å². The van der Waals surface area contributed by atoms with E-state index >= 15 is 0 Å². The topological polar surface area (TPSA) is 0 Å². The van der Waals surface area contributed by atoms with Crippen LogP contribution in [-0.2, 0) is 0 Å². The summed E-state index contributed by atoms with van der Waals surface area (Å²) in [4.78, 5) is 0. The molecule has 0 aliphatic rings. The second kappa shape index (κ2) is 3.24. The van der Waals surface area contributed by atoms with Gasteiger partial charge in [0.05, 0.1) is 8.59 Å². The van der Waals surface area contributed by atoms with Gasteiger partial charge in [0.15, 0.2) is 0 Å². The fourth-order valence-corrected chi connectivity index (χ4v) is 1.30. The van der Waals surface area contributed by atoms with Gasteiger partial charge in [-0.2, -0.15) is 0 Å². The van der Waals surface area contributed by atoms with Gasteiger partial charge in [-0.1, -0.05) is 23.2 Å². The predicted octanol–water partition coefficient (Wildman–Crippen LogP) is 3.74. The van der Waals surface area contributed by atoms with Crippen LogP contribution in [0.15, 0.2) is 12.1 Å². The normalized spacial score (nSPS) is 10.0. The zero-order valence-corrected chi connectivity index (χ0v) is 8.34. The van der Waals surface area contributed by atoms with Gasteiger partial charge in [-0.15, -0.1) is 0 Å². The van der Waals surface area contributed by atoms with E-state index in [9.17, 15) is 4.39 Å². The molecule has 0 nitrogen and oxygen atoms in total. The molecule has 0 N–H and O–H groups in total. The second-order valence-corrected chi connectivity index (χ2v) is 3.61. The Balaban J connectivity index is 3.31. The molecule has 4 heteroatoms. The Hall–Kier alpha value is 0.460. The van der Waals surface area contributed by atoms with Crippen LogP contribution in [0.4, 0.5) is 4.39 Å². The molecular weight excluding hydrogens is 289 g/mol. The van der Waals surface area contributed by atoms with E-state index < -0.39 is 0 Å². The molecule has 0 unspecified atom stereocenters. The molecule has 0 amide bonds. The minimum atomic E-state index is -0.377. The molecule has 0 atom stereocenters. The molecule has 1 aromatic rings. The summed E-state index contributed by atoms with van der Waals surface area (Å²) in [6.07, 6.45) is 0. The van der Waals surface area contributed by atoms with E-state index in [0.29, 0.717) is 13.6 Å². The zero-order valence-electron chi connectivity index (χ0n) is 4.67. The molecule has 1 aromatic carbocycles. The monoisotopic (exact) mass is 290 g/mol. The van der Waals surface area contributed by atoms with Crippen molar-refractivity contribution in [2.45, 2.75) is 0 Å². The maximum atomic E-state index is 12.7. The minimum absolute atomic E-state index is 0.322. The predicted molar refractivity (Wildman–Crippen MR) is 49.1 cm³/mol. The summed E-state index contributed by atoms with van der Waals surface area (Å²) in [6, 6.07) is 2.74. The Bertz CT molecular complexity index is 239. The smallest absolute Gasteiger partial charge is 0.139 e. The minimum Gasteiger partial charge on any atom is -0.206 e. The zero-order chi connectivity index (χ0) is 7.72. The van der Waals surface area contributed by atoms with Crippen LogP contribution in [0.25, 0.3) is 0 Å². The van der Waals surface area contributed by atoms with E-state index in [0.717, 1.165) is 0 Å². The van der Waals surface area contributed by atoms with E-state index in [1.807, 2.05) is 22.6 Å². The molecule has 0 spiro atoms. The SMILES string of the molecule is Fc1cc(Cl)cc(Cl)c1I. The molecule has 0 aliphatic carbocycles. The second-order valence-electron chi connectivity index (χ2n) is 1.68. The molecule has 10 heavy (non-hydrogen) atoms. The van der Waals surface area contributed by atoms with Crippen LogP contribution in [0.1, 0.15) is 0 Å². The van der Waals surface area contributed by atoms with Gasteiger partial charge in [-0.05, 0) is 34.7 Å². The number of halogens is 4. The lowest BCUT2D eigenvalue weighted by molar-refractivity contribution is 0.620. The van der Waals surface area contributed by atoms with Crippen LogP contribution < -0.4 is 0 Å². The average molecular weight is 291 g/mol. The third kappa shape index (κ3) is 1.74. The van der Waals surface area contributed by atoms with Gasteiger partial charge >= 0.3 is 0 Å². The van der Waals surface area contributed by atoms with Crippen molar-refractivity contribution in [2.24, 2.45) is 0 Å². The van der Waals surface area contributed by atoms with E-state index in [-0.39, 0.29) is 5.82 Å². The van der Waals surface area contributed by atoms with Crippen LogP contribution in [0, 0.1) is 9.39 Å². The Kier molecular flexibility index (Phi) is 2.77. The molecule has 1 rings (SSSR count). The first kappa shape index (κ1) is 8.56. The molecule has 0 aromatic heterocycles. The lowest BCUT2D eigenvalue weighted by atomic mass is 10.3. The Morgan fingerprint density at radius 2 is 1.90 bits per heavy atom. The van der Waals surface area contributed by atoms with E-state index in [2.05, 4.69) is 0 Å². The van der Waals surface area contributed by atoms with Crippen LogP contribution in [0.3, 0.4) is 0 Å². The van der Waals surface area contributed by atoms with Crippen LogP contribution in [0.5, 0.6) is 0 Å². The number of hydrogen-bond donors (Lipinski definition) is 0. The van der Waals surface area contributed by atoms with E-state index in [1.54, 1.807) is 0 Å². The fraction of sp³-hybridized carbons (Fsp3) is 0. The molecular formula is C6H2Cl2FI. The average Bonchev–Trinajstić information content (AvgIpc) is 1.82. The van der Waals surface area contributed by atoms with E-state index in [1.165, 1.54) is 12.1 Å². The molecule has 0 aliphatic heterocycles. The maximum Gasteiger partial charge on any atom is 0.139 e. The summed E-state index contributed by atoms with van der Waals surface area (Å²) in [5.74, 6) is -0.377. The highest BCUT2D eigenvalue weighted by Gasteiger charge is 2.04. The quantitative estimate of drug-likeness (QED) is 0.388. The summed E-state index contributed by atoms with van der Waals surface area (Å²) in [7, 11) is 0. The van der Waals surface area contributed by atoms with Gasteiger partial charge in [0.1, 0.15) is 5.82 Å². The molecule has 0 heterocycles. The van der Waals surface area contributed by atoms with Gasteiger partial charge in [-0.3, -0.25) is 0 Å². The summed E-state index contributed by atoms with van der Waals surface area (Å²) in [5, 5.41) is 0.675. The lowest BCUT2D eigenvalue weighted by Gasteiger charge is -1.96. The summed E-state index contributed by atoms with van der Waals surface area (Å²) in [6.45, 7) is 0. The summed E-state index contributed by atoms with van der Waals surface area (Å²) >= 11 is 12.9. The summed E-state index contributed by atoms with van der Waals surface area (Å²) < 4.78 is 13.1. The van der Waals surface area contributed by atoms with Crippen molar-refractivity contribution < 1.29 is 4.39 Å². The van der Waals surface area contributed by atoms with Crippen molar-refractivity contribution in [3.8, 4) is 0 Å². The van der Waals surface area contributed by atoms with Crippen LogP contribution in [0.2, 0.25) is 10.0 Å². The summed E-state index contributed by atoms with van der Waals surface area (Å²) in [5.41, 5.74) is 0. The molecule has 0 radical (unpaired) electrons. The van der Waals surface area contributed by atoms with Gasteiger partial charge in [0.2, 0.25) is 0 Å². The highest BCUT2D eigenvalue weighted by Crippen LogP contribution is 2.25. The van der Waals surface area contributed by atoms with Gasteiger partial charge in [-0.25, -0.2) is 4.39 Å². The van der Waals surface area contributed by atoms with Crippen molar-refractivity contribution >= 4 is 45.8 Å². The number of rotatable bonds is 0. The Labute approximate surface area is 81.5 Å². The Morgan fingerprint density at radius 3 is 2.40 bits per heavy atom. The van der Waals surface area contributed by atoms with Gasteiger partial charge in [0, 0.05) is 5.02 Å². The van der Waals surface area contributed by atoms with Crippen molar-refractivity contribution in [3.63, 3.8) is 0 Å². The van der Waals surface area contributed by atoms with Crippen molar-refractivity contribution in [1.29, 1.82) is 0 Å². The van der Waals surface area contributed by atoms with Crippen LogP contribution in [-0.4, -0.2) is 0 Å². The molecule has 0 bridgehead atoms. The molecule has 0 saturated carbocycles. The van der Waals surface area contributed by atoms with E-state index in [4.69, 9.17) is 23.2 Å². The van der Waals surface area contributed by atoms with Gasteiger partial charge in [0.25, 0.3) is 0 Å².